The van der Waals surface area contributed by atoms with E-state index in [9.17, 15) is 8.42 Å². The minimum absolute atomic E-state index is 0.196. The summed E-state index contributed by atoms with van der Waals surface area (Å²) >= 11 is 0. The number of nitrogens with zero attached hydrogens (tertiary/aromatic N) is 1. The minimum Gasteiger partial charge on any atom is -0.381 e. The fraction of sp³-hybridized carbons (Fsp3) is 0.600. The van der Waals surface area contributed by atoms with Crippen LogP contribution in [0, 0.1) is 0 Å². The van der Waals surface area contributed by atoms with E-state index in [1.54, 1.807) is 17.5 Å². The van der Waals surface area contributed by atoms with Crippen LogP contribution in [0.4, 0.5) is 0 Å². The van der Waals surface area contributed by atoms with E-state index in [0.29, 0.717) is 18.0 Å². The van der Waals surface area contributed by atoms with Crippen LogP contribution >= 0.6 is 0 Å². The number of rotatable bonds is 3. The molecule has 0 aromatic heterocycles. The molecule has 0 saturated carbocycles. The SMILES string of the molecule is COC1CCN(S(=O)(=O)c2ccc3c(c2)CCC3)CC1. The molecule has 0 radical (unpaired) electrons. The van der Waals surface area contributed by atoms with Crippen molar-refractivity contribution in [1.82, 2.24) is 4.31 Å². The van der Waals surface area contributed by atoms with Crippen molar-refractivity contribution < 1.29 is 13.2 Å². The summed E-state index contributed by atoms with van der Waals surface area (Å²) in [6, 6.07) is 5.62. The lowest BCUT2D eigenvalue weighted by Crippen LogP contribution is -2.40. The summed E-state index contributed by atoms with van der Waals surface area (Å²) in [4.78, 5) is 0.453. The van der Waals surface area contributed by atoms with Crippen LogP contribution in [-0.2, 0) is 27.6 Å². The molecule has 4 nitrogen and oxygen atoms in total. The molecule has 110 valence electrons. The first-order valence-corrected chi connectivity index (χ1v) is 8.70. The second-order valence-electron chi connectivity index (χ2n) is 5.62. The molecule has 0 spiro atoms. The predicted octanol–water partition coefficient (Wildman–Crippen LogP) is 1.97. The highest BCUT2D eigenvalue weighted by Crippen LogP contribution is 2.27. The van der Waals surface area contributed by atoms with E-state index >= 15 is 0 Å². The largest absolute Gasteiger partial charge is 0.381 e. The molecule has 0 amide bonds. The monoisotopic (exact) mass is 295 g/mol. The second-order valence-corrected chi connectivity index (χ2v) is 7.56. The summed E-state index contributed by atoms with van der Waals surface area (Å²) in [6.07, 6.45) is 4.97. The third kappa shape index (κ3) is 2.50. The zero-order valence-electron chi connectivity index (χ0n) is 11.8. The van der Waals surface area contributed by atoms with E-state index < -0.39 is 10.0 Å². The molecule has 0 unspecified atom stereocenters. The highest BCUT2D eigenvalue weighted by atomic mass is 32.2. The zero-order chi connectivity index (χ0) is 14.2. The van der Waals surface area contributed by atoms with Crippen molar-refractivity contribution in [3.63, 3.8) is 0 Å². The quantitative estimate of drug-likeness (QED) is 0.856. The van der Waals surface area contributed by atoms with Gasteiger partial charge in [-0.3, -0.25) is 0 Å². The van der Waals surface area contributed by atoms with Gasteiger partial charge in [0.05, 0.1) is 11.0 Å². The molecule has 20 heavy (non-hydrogen) atoms. The maximum absolute atomic E-state index is 12.7. The number of sulfonamides is 1. The van der Waals surface area contributed by atoms with Crippen LogP contribution in [-0.4, -0.2) is 39.0 Å². The van der Waals surface area contributed by atoms with Crippen molar-refractivity contribution in [1.29, 1.82) is 0 Å². The summed E-state index contributed by atoms with van der Waals surface area (Å²) in [5.74, 6) is 0. The fourth-order valence-corrected chi connectivity index (χ4v) is 4.69. The Labute approximate surface area is 120 Å². The highest BCUT2D eigenvalue weighted by Gasteiger charge is 2.30. The standard InChI is InChI=1S/C15H21NO3S/c1-19-14-7-9-16(10-8-14)20(17,18)15-6-5-12-3-2-4-13(12)11-15/h5-6,11,14H,2-4,7-10H2,1H3. The van der Waals surface area contributed by atoms with Gasteiger partial charge in [-0.25, -0.2) is 8.42 Å². The first kappa shape index (κ1) is 14.0. The van der Waals surface area contributed by atoms with Crippen LogP contribution in [0.25, 0.3) is 0 Å². The van der Waals surface area contributed by atoms with E-state index in [-0.39, 0.29) is 6.10 Å². The summed E-state index contributed by atoms with van der Waals surface area (Å²) in [5.41, 5.74) is 2.51. The summed E-state index contributed by atoms with van der Waals surface area (Å²) in [7, 11) is -1.65. The van der Waals surface area contributed by atoms with Gasteiger partial charge >= 0.3 is 0 Å². The molecule has 2 aliphatic rings. The van der Waals surface area contributed by atoms with E-state index in [2.05, 4.69) is 0 Å². The summed E-state index contributed by atoms with van der Waals surface area (Å²) < 4.78 is 32.2. The van der Waals surface area contributed by atoms with Crippen LogP contribution in [0.1, 0.15) is 30.4 Å². The zero-order valence-corrected chi connectivity index (χ0v) is 12.7. The number of methoxy groups -OCH3 is 1. The Morgan fingerprint density at radius 3 is 2.55 bits per heavy atom. The van der Waals surface area contributed by atoms with Crippen molar-refractivity contribution in [3.05, 3.63) is 29.3 Å². The third-order valence-corrected chi connectivity index (χ3v) is 6.34. The molecule has 0 bridgehead atoms. The number of aryl methyl sites for hydroxylation is 2. The van der Waals surface area contributed by atoms with E-state index in [4.69, 9.17) is 4.74 Å². The third-order valence-electron chi connectivity index (χ3n) is 4.44. The van der Waals surface area contributed by atoms with Crippen molar-refractivity contribution in [3.8, 4) is 0 Å². The van der Waals surface area contributed by atoms with Gasteiger partial charge in [0.1, 0.15) is 0 Å². The van der Waals surface area contributed by atoms with Crippen LogP contribution in [0.2, 0.25) is 0 Å². The van der Waals surface area contributed by atoms with Crippen LogP contribution in [0.3, 0.4) is 0 Å². The predicted molar refractivity (Wildman–Crippen MR) is 77.3 cm³/mol. The molecule has 0 N–H and O–H groups in total. The number of hydrogen-bond donors (Lipinski definition) is 0. The minimum atomic E-state index is -3.34. The number of piperidine rings is 1. The second kappa shape index (κ2) is 5.47. The Bertz CT molecular complexity index is 589. The van der Waals surface area contributed by atoms with Gasteiger partial charge in [0.15, 0.2) is 0 Å². The number of benzene rings is 1. The van der Waals surface area contributed by atoms with E-state index in [0.717, 1.165) is 32.1 Å². The Morgan fingerprint density at radius 2 is 1.85 bits per heavy atom. The lowest BCUT2D eigenvalue weighted by molar-refractivity contribution is 0.0604. The normalized spacial score (nSPS) is 21.1. The Kier molecular flexibility index (Phi) is 3.84. The van der Waals surface area contributed by atoms with Crippen molar-refractivity contribution >= 4 is 10.0 Å². The lowest BCUT2D eigenvalue weighted by Gasteiger charge is -2.30. The van der Waals surface area contributed by atoms with Crippen LogP contribution in [0.5, 0.6) is 0 Å². The maximum atomic E-state index is 12.7. The van der Waals surface area contributed by atoms with Gasteiger partial charge in [-0.1, -0.05) is 6.07 Å². The molecule has 1 fully saturated rings. The summed E-state index contributed by atoms with van der Waals surface area (Å²) in [6.45, 7) is 1.11. The first-order chi connectivity index (χ1) is 9.61. The smallest absolute Gasteiger partial charge is 0.243 e. The number of ether oxygens (including phenoxy) is 1. The van der Waals surface area contributed by atoms with Gasteiger partial charge in [0.2, 0.25) is 10.0 Å². The topological polar surface area (TPSA) is 46.6 Å². The molecule has 1 aromatic rings. The highest BCUT2D eigenvalue weighted by molar-refractivity contribution is 7.89. The van der Waals surface area contributed by atoms with Crippen molar-refractivity contribution in [2.45, 2.75) is 43.1 Å². The van der Waals surface area contributed by atoms with E-state index in [1.165, 1.54) is 11.1 Å². The van der Waals surface area contributed by atoms with Gasteiger partial charge in [0, 0.05) is 20.2 Å². The van der Waals surface area contributed by atoms with Crippen LogP contribution < -0.4 is 0 Å². The average Bonchev–Trinajstić information content (AvgIpc) is 2.94. The Hall–Kier alpha value is -0.910. The lowest BCUT2D eigenvalue weighted by atomic mass is 10.1. The van der Waals surface area contributed by atoms with Gasteiger partial charge in [-0.05, 0) is 55.4 Å². The maximum Gasteiger partial charge on any atom is 0.243 e. The van der Waals surface area contributed by atoms with Crippen molar-refractivity contribution in [2.24, 2.45) is 0 Å². The van der Waals surface area contributed by atoms with Gasteiger partial charge in [0.25, 0.3) is 0 Å². The van der Waals surface area contributed by atoms with Gasteiger partial charge in [-0.2, -0.15) is 4.31 Å². The molecule has 5 heteroatoms. The van der Waals surface area contributed by atoms with Gasteiger partial charge in [-0.15, -0.1) is 0 Å². The Morgan fingerprint density at radius 1 is 1.15 bits per heavy atom. The molecule has 1 saturated heterocycles. The first-order valence-electron chi connectivity index (χ1n) is 7.26. The average molecular weight is 295 g/mol. The molecule has 1 aromatic carbocycles. The van der Waals surface area contributed by atoms with Crippen LogP contribution in [0.15, 0.2) is 23.1 Å². The van der Waals surface area contributed by atoms with Gasteiger partial charge < -0.3 is 4.74 Å². The molecular formula is C15H21NO3S. The number of hydrogen-bond acceptors (Lipinski definition) is 3. The molecule has 0 atom stereocenters. The molecular weight excluding hydrogens is 274 g/mol. The molecule has 1 aliphatic heterocycles. The fourth-order valence-electron chi connectivity index (χ4n) is 3.17. The summed E-state index contributed by atoms with van der Waals surface area (Å²) in [5, 5.41) is 0. The molecule has 1 heterocycles. The Balaban J connectivity index is 1.82. The van der Waals surface area contributed by atoms with E-state index in [1.807, 2.05) is 12.1 Å². The van der Waals surface area contributed by atoms with Crippen molar-refractivity contribution in [2.75, 3.05) is 20.2 Å². The molecule has 1 aliphatic carbocycles. The number of fused-ring (bicyclic) bond motifs is 1. The molecule has 3 rings (SSSR count).